The number of esters is 1. The van der Waals surface area contributed by atoms with Gasteiger partial charge in [-0.15, -0.1) is 11.3 Å². The number of nitrogens with zero attached hydrogens (tertiary/aromatic N) is 2. The first kappa shape index (κ1) is 22.2. The number of thiophene rings is 1. The Morgan fingerprint density at radius 3 is 2.21 bits per heavy atom. The van der Waals surface area contributed by atoms with Crippen molar-refractivity contribution in [3.05, 3.63) is 31.3 Å². The quantitative estimate of drug-likeness (QED) is 0.689. The second-order valence-electron chi connectivity index (χ2n) is 7.49. The van der Waals surface area contributed by atoms with E-state index >= 15 is 0 Å². The Morgan fingerprint density at radius 1 is 1.11 bits per heavy atom. The normalized spacial score (nSPS) is 12.6. The molecule has 0 unspecified atom stereocenters. The third-order valence-electron chi connectivity index (χ3n) is 3.94. The molecule has 2 heterocycles. The lowest BCUT2D eigenvalue weighted by Crippen LogP contribution is -2.40. The van der Waals surface area contributed by atoms with Crippen LogP contribution in [-0.2, 0) is 17.8 Å². The van der Waals surface area contributed by atoms with Crippen molar-refractivity contribution in [3.63, 3.8) is 0 Å². The molecular formula is C18H23F3N2O4S. The lowest BCUT2D eigenvalue weighted by molar-refractivity contribution is -0.136. The second kappa shape index (κ2) is 7.73. The molecule has 2 rings (SSSR count). The van der Waals surface area contributed by atoms with E-state index in [1.807, 2.05) is 0 Å². The molecule has 0 atom stereocenters. The van der Waals surface area contributed by atoms with Gasteiger partial charge in [0.05, 0.1) is 11.8 Å². The molecule has 0 saturated carbocycles. The highest BCUT2D eigenvalue weighted by Crippen LogP contribution is 2.30. The Balaban J connectivity index is 2.76. The Labute approximate surface area is 163 Å². The fraction of sp³-hybridized carbons (Fsp3) is 0.611. The monoisotopic (exact) mass is 420 g/mol. The molecular weight excluding hydrogens is 397 g/mol. The third-order valence-corrected chi connectivity index (χ3v) is 5.24. The van der Waals surface area contributed by atoms with Crippen molar-refractivity contribution in [2.75, 3.05) is 0 Å². The van der Waals surface area contributed by atoms with Crippen molar-refractivity contribution in [1.29, 1.82) is 0 Å². The minimum Gasteiger partial charge on any atom is -0.456 e. The minimum absolute atomic E-state index is 0.0602. The van der Waals surface area contributed by atoms with E-state index in [9.17, 15) is 27.6 Å². The number of hydrogen-bond donors (Lipinski definition) is 0. The largest absolute Gasteiger partial charge is 0.456 e. The summed E-state index contributed by atoms with van der Waals surface area (Å²) in [5, 5.41) is 0.0843. The van der Waals surface area contributed by atoms with Crippen molar-refractivity contribution in [1.82, 2.24) is 9.13 Å². The first-order valence-electron chi connectivity index (χ1n) is 8.83. The topological polar surface area (TPSA) is 70.3 Å². The number of aryl methyl sites for hydroxylation is 2. The predicted octanol–water partition coefficient (Wildman–Crippen LogP) is 3.85. The van der Waals surface area contributed by atoms with Crippen molar-refractivity contribution in [3.8, 4) is 0 Å². The van der Waals surface area contributed by atoms with E-state index < -0.39 is 42.0 Å². The summed E-state index contributed by atoms with van der Waals surface area (Å²) in [5.74, 6) is -0.678. The molecule has 0 aliphatic rings. The smallest absolute Gasteiger partial charge is 0.390 e. The average molecular weight is 420 g/mol. The number of halogens is 3. The van der Waals surface area contributed by atoms with Crippen molar-refractivity contribution >= 4 is 27.5 Å². The van der Waals surface area contributed by atoms with E-state index in [0.29, 0.717) is 12.0 Å². The fourth-order valence-corrected chi connectivity index (χ4v) is 3.97. The molecule has 28 heavy (non-hydrogen) atoms. The maximum atomic E-state index is 12.8. The summed E-state index contributed by atoms with van der Waals surface area (Å²) in [6.45, 7) is 7.79. The van der Waals surface area contributed by atoms with Gasteiger partial charge >= 0.3 is 17.8 Å². The molecule has 0 aliphatic heterocycles. The lowest BCUT2D eigenvalue weighted by atomic mass is 10.2. The second-order valence-corrected chi connectivity index (χ2v) is 8.49. The molecule has 6 nitrogen and oxygen atoms in total. The zero-order valence-electron chi connectivity index (χ0n) is 16.4. The van der Waals surface area contributed by atoms with Crippen LogP contribution in [0.2, 0.25) is 0 Å². The highest BCUT2D eigenvalue weighted by Gasteiger charge is 2.30. The summed E-state index contributed by atoms with van der Waals surface area (Å²) in [6, 6.07) is 0. The van der Waals surface area contributed by atoms with E-state index in [0.717, 1.165) is 20.5 Å². The Bertz CT molecular complexity index is 1010. The van der Waals surface area contributed by atoms with E-state index in [1.165, 1.54) is 6.92 Å². The first-order chi connectivity index (χ1) is 12.8. The summed E-state index contributed by atoms with van der Waals surface area (Å²) >= 11 is 0.813. The summed E-state index contributed by atoms with van der Waals surface area (Å²) in [4.78, 5) is 38.2. The molecule has 0 spiro atoms. The lowest BCUT2D eigenvalue weighted by Gasteiger charge is -2.19. The van der Waals surface area contributed by atoms with Crippen LogP contribution in [0, 0.1) is 6.92 Å². The van der Waals surface area contributed by atoms with Gasteiger partial charge in [-0.2, -0.15) is 13.2 Å². The summed E-state index contributed by atoms with van der Waals surface area (Å²) < 4.78 is 45.4. The molecule has 0 fully saturated rings. The van der Waals surface area contributed by atoms with E-state index in [1.54, 1.807) is 27.7 Å². The molecule has 0 saturated heterocycles. The van der Waals surface area contributed by atoms with Crippen LogP contribution in [-0.4, -0.2) is 26.9 Å². The van der Waals surface area contributed by atoms with Crippen LogP contribution in [0.3, 0.4) is 0 Å². The number of carbonyl (C=O) groups excluding carboxylic acids is 1. The maximum absolute atomic E-state index is 12.8. The zero-order valence-corrected chi connectivity index (χ0v) is 17.2. The SMILES string of the molecule is CCCn1c(=O)c2c(C)c(C(=O)OC(C)(C)C)sc2n(CCC(F)(F)F)c1=O. The van der Waals surface area contributed by atoms with Gasteiger partial charge in [0.15, 0.2) is 0 Å². The Hall–Kier alpha value is -2.10. The van der Waals surface area contributed by atoms with Crippen LogP contribution in [0.4, 0.5) is 13.2 Å². The van der Waals surface area contributed by atoms with Gasteiger partial charge in [0, 0.05) is 13.1 Å². The molecule has 0 bridgehead atoms. The summed E-state index contributed by atoms with van der Waals surface area (Å²) in [6.07, 6.45) is -5.22. The minimum atomic E-state index is -4.46. The summed E-state index contributed by atoms with van der Waals surface area (Å²) in [7, 11) is 0. The number of carbonyl (C=O) groups is 1. The zero-order chi connectivity index (χ0) is 21.4. The number of rotatable bonds is 5. The highest BCUT2D eigenvalue weighted by atomic mass is 32.1. The van der Waals surface area contributed by atoms with E-state index in [-0.39, 0.29) is 21.6 Å². The van der Waals surface area contributed by atoms with Gasteiger partial charge < -0.3 is 4.74 Å². The van der Waals surface area contributed by atoms with Gasteiger partial charge in [-0.1, -0.05) is 6.92 Å². The third kappa shape index (κ3) is 4.65. The number of alkyl halides is 3. The van der Waals surface area contributed by atoms with Crippen LogP contribution < -0.4 is 11.2 Å². The maximum Gasteiger partial charge on any atom is 0.390 e. The number of hydrogen-bond acceptors (Lipinski definition) is 5. The fourth-order valence-electron chi connectivity index (χ4n) is 2.77. The van der Waals surface area contributed by atoms with Crippen LogP contribution in [0.15, 0.2) is 9.59 Å². The molecule has 0 radical (unpaired) electrons. The van der Waals surface area contributed by atoms with Crippen LogP contribution in [0.5, 0.6) is 0 Å². The van der Waals surface area contributed by atoms with E-state index in [4.69, 9.17) is 4.74 Å². The molecule has 0 amide bonds. The first-order valence-corrected chi connectivity index (χ1v) is 9.65. The molecule has 2 aromatic heterocycles. The van der Waals surface area contributed by atoms with Crippen LogP contribution in [0.25, 0.3) is 10.2 Å². The van der Waals surface area contributed by atoms with Crippen molar-refractivity contribution < 1.29 is 22.7 Å². The average Bonchev–Trinajstić information content (AvgIpc) is 2.86. The summed E-state index contributed by atoms with van der Waals surface area (Å²) in [5.41, 5.74) is -1.88. The molecule has 0 aromatic carbocycles. The van der Waals surface area contributed by atoms with Gasteiger partial charge in [-0.05, 0) is 39.7 Å². The van der Waals surface area contributed by atoms with Crippen molar-refractivity contribution in [2.24, 2.45) is 0 Å². The van der Waals surface area contributed by atoms with Gasteiger partial charge in [-0.25, -0.2) is 9.59 Å². The van der Waals surface area contributed by atoms with Gasteiger partial charge in [0.1, 0.15) is 15.3 Å². The standard InChI is InChI=1S/C18H23F3N2O4S/c1-6-8-22-13(24)11-10(2)12(15(25)27-17(3,4)5)28-14(11)23(16(22)26)9-7-18(19,20)21/h6-9H2,1-5H3. The molecule has 2 aromatic rings. The number of aromatic nitrogens is 2. The van der Waals surface area contributed by atoms with Crippen molar-refractivity contribution in [2.45, 2.75) is 72.3 Å². The molecule has 0 aliphatic carbocycles. The predicted molar refractivity (Wildman–Crippen MR) is 101 cm³/mol. The number of ether oxygens (including phenoxy) is 1. The van der Waals surface area contributed by atoms with E-state index in [2.05, 4.69) is 0 Å². The Morgan fingerprint density at radius 2 is 1.71 bits per heavy atom. The molecule has 156 valence electrons. The Kier molecular flexibility index (Phi) is 6.13. The van der Waals surface area contributed by atoms with Crippen LogP contribution >= 0.6 is 11.3 Å². The van der Waals surface area contributed by atoms with Crippen LogP contribution in [0.1, 0.15) is 55.8 Å². The van der Waals surface area contributed by atoms with Gasteiger partial charge in [0.25, 0.3) is 5.56 Å². The molecule has 0 N–H and O–H groups in total. The highest BCUT2D eigenvalue weighted by molar-refractivity contribution is 7.20. The van der Waals surface area contributed by atoms with Gasteiger partial charge in [-0.3, -0.25) is 13.9 Å². The molecule has 10 heteroatoms. The number of fused-ring (bicyclic) bond motifs is 1. The van der Waals surface area contributed by atoms with Gasteiger partial charge in [0.2, 0.25) is 0 Å².